The molecule has 26 aromatic rings. The third-order valence-electron chi connectivity index (χ3n) is 31.6. The summed E-state index contributed by atoms with van der Waals surface area (Å²) < 4.78 is 5.04. The lowest BCUT2D eigenvalue weighted by molar-refractivity contribution is 0.749. The topological polar surface area (TPSA) is 16.3 Å². The van der Waals surface area contributed by atoms with E-state index in [1.54, 1.807) is 0 Å². The number of rotatable bonds is 14. The van der Waals surface area contributed by atoms with E-state index in [1.807, 2.05) is 0 Å². The molecule has 2 aromatic heterocycles. The van der Waals surface area contributed by atoms with Crippen LogP contribution in [0.25, 0.3) is 188 Å². The molecule has 2 atom stereocenters. The van der Waals surface area contributed by atoms with Gasteiger partial charge in [-0.1, -0.05) is 455 Å². The van der Waals surface area contributed by atoms with Crippen molar-refractivity contribution in [1.82, 2.24) is 9.13 Å². The first-order valence-corrected chi connectivity index (χ1v) is 50.7. The molecule has 4 aliphatic rings. The van der Waals surface area contributed by atoms with Crippen LogP contribution in [0.15, 0.2) is 558 Å². The zero-order valence-electron chi connectivity index (χ0n) is 79.9. The van der Waals surface area contributed by atoms with E-state index in [9.17, 15) is 0 Å². The Kier molecular flexibility index (Phi) is 19.5. The first kappa shape index (κ1) is 83.9. The van der Waals surface area contributed by atoms with Crippen LogP contribution in [0.4, 0.5) is 34.1 Å². The van der Waals surface area contributed by atoms with Crippen molar-refractivity contribution in [1.29, 1.82) is 0 Å². The van der Waals surface area contributed by atoms with Crippen molar-refractivity contribution in [3.05, 3.63) is 603 Å². The third-order valence-corrected chi connectivity index (χ3v) is 31.6. The summed E-state index contributed by atoms with van der Waals surface area (Å²) in [5.74, 6) is 0. The van der Waals surface area contributed by atoms with Crippen LogP contribution in [0.5, 0.6) is 0 Å². The molecule has 0 N–H and O–H groups in total. The number of aromatic nitrogens is 2. The predicted molar refractivity (Wildman–Crippen MR) is 611 cm³/mol. The van der Waals surface area contributed by atoms with Crippen molar-refractivity contribution in [3.8, 4) is 123 Å². The summed E-state index contributed by atoms with van der Waals surface area (Å²) in [4.78, 5) is 4.86. The molecular formula is C142H92N4. The minimum Gasteiger partial charge on any atom is -0.310 e. The summed E-state index contributed by atoms with van der Waals surface area (Å²) >= 11 is 0. The molecule has 680 valence electrons. The Morgan fingerprint density at radius 3 is 0.836 bits per heavy atom. The van der Waals surface area contributed by atoms with Gasteiger partial charge in [-0.05, 0) is 264 Å². The van der Waals surface area contributed by atoms with Crippen LogP contribution in [0.3, 0.4) is 0 Å². The van der Waals surface area contributed by atoms with Crippen LogP contribution >= 0.6 is 0 Å². The monoisotopic (exact) mass is 1850 g/mol. The van der Waals surface area contributed by atoms with Gasteiger partial charge in [0.1, 0.15) is 0 Å². The molecule has 0 fully saturated rings. The molecule has 2 unspecified atom stereocenters. The van der Waals surface area contributed by atoms with Gasteiger partial charge in [0.2, 0.25) is 0 Å². The van der Waals surface area contributed by atoms with Gasteiger partial charge >= 0.3 is 0 Å². The molecule has 30 rings (SSSR count). The molecular weight excluding hydrogens is 1760 g/mol. The molecule has 0 amide bonds. The summed E-state index contributed by atoms with van der Waals surface area (Å²) in [6.45, 7) is 0. The van der Waals surface area contributed by atoms with E-state index >= 15 is 0 Å². The van der Waals surface area contributed by atoms with Crippen LogP contribution in [0, 0.1) is 0 Å². The first-order valence-electron chi connectivity index (χ1n) is 50.7. The van der Waals surface area contributed by atoms with Crippen molar-refractivity contribution in [2.24, 2.45) is 0 Å². The van der Waals surface area contributed by atoms with Gasteiger partial charge < -0.3 is 18.9 Å². The second-order valence-corrected chi connectivity index (χ2v) is 39.1. The fourth-order valence-electron chi connectivity index (χ4n) is 25.2. The molecule has 0 radical (unpaired) electrons. The highest BCUT2D eigenvalue weighted by Gasteiger charge is 2.53. The Labute approximate surface area is 848 Å². The van der Waals surface area contributed by atoms with Crippen LogP contribution in [0.2, 0.25) is 0 Å². The van der Waals surface area contributed by atoms with Crippen molar-refractivity contribution < 1.29 is 0 Å². The summed E-state index contributed by atoms with van der Waals surface area (Å²) in [6.07, 6.45) is 0. The molecule has 4 heterocycles. The molecule has 24 aromatic carbocycles. The molecule has 2 aliphatic heterocycles. The summed E-state index contributed by atoms with van der Waals surface area (Å²) in [7, 11) is 0. The maximum absolute atomic E-state index is 2.52. The lowest BCUT2D eigenvalue weighted by Crippen LogP contribution is -2.33. The highest BCUT2D eigenvalue weighted by Crippen LogP contribution is 2.65. The Morgan fingerprint density at radius 1 is 0.144 bits per heavy atom. The number of benzene rings is 24. The van der Waals surface area contributed by atoms with Crippen LogP contribution in [-0.2, 0) is 10.8 Å². The number of nitrogens with zero attached hydrogens (tertiary/aromatic N) is 4. The Bertz CT molecular complexity index is 9610. The van der Waals surface area contributed by atoms with Gasteiger partial charge in [-0.3, -0.25) is 0 Å². The number of anilines is 6. The van der Waals surface area contributed by atoms with E-state index < -0.39 is 10.8 Å². The molecule has 4 heteroatoms. The number of para-hydroxylation sites is 10. The molecule has 0 bridgehead atoms. The Hall–Kier alpha value is -19.0. The summed E-state index contributed by atoms with van der Waals surface area (Å²) in [6, 6.07) is 207. The Morgan fingerprint density at radius 2 is 0.418 bits per heavy atom. The summed E-state index contributed by atoms with van der Waals surface area (Å²) in [5, 5.41) is 9.91. The second-order valence-electron chi connectivity index (χ2n) is 39.1. The molecule has 0 saturated carbocycles. The summed E-state index contributed by atoms with van der Waals surface area (Å²) in [5.41, 5.74) is 48.1. The maximum atomic E-state index is 2.52. The standard InChI is InChI=1S/C77H50N2.C65H42N2/c1-3-18-51(19-4-1)53-34-38-55(39-35-53)62-22-8-13-30-72(62)78(73-31-14-9-23-63(73)56-40-36-54(37-41-56)52-20-5-2-6-21-52)61-46-44-58-48-57(42-43-59(58)49-61)60-45-47-65-64-24-7-11-27-68(64)77(71(65)50-60)69-28-12-16-33-75(69)79-74-32-15-10-25-66(74)67-26-17-29-70(77)76(67)79;1-3-16-43(17-4-1)44-30-32-45(33-31-44)52-20-8-12-27-61(52)66(50-18-5-2-6-19-50)51-38-36-47-40-46(34-35-48(47)41-51)49-37-39-54-53-21-7-10-24-57(53)65(60(54)42-49)58-25-11-14-29-63(58)67-62-28-13-9-22-55(62)56-23-15-26-59(65)64(56)67/h1-50H;1-42H. The van der Waals surface area contributed by atoms with Crippen molar-refractivity contribution in [2.45, 2.75) is 10.8 Å². The Balaban J connectivity index is 0.000000140. The zero-order chi connectivity index (χ0) is 96.1. The van der Waals surface area contributed by atoms with Gasteiger partial charge in [0.05, 0.1) is 61.3 Å². The van der Waals surface area contributed by atoms with E-state index in [0.717, 1.165) is 56.4 Å². The van der Waals surface area contributed by atoms with Gasteiger partial charge in [-0.2, -0.15) is 0 Å². The highest BCUT2D eigenvalue weighted by molar-refractivity contribution is 6.15. The smallest absolute Gasteiger partial charge is 0.0754 e. The average molecular weight is 1850 g/mol. The predicted octanol–water partition coefficient (Wildman–Crippen LogP) is 37.5. The fourth-order valence-corrected chi connectivity index (χ4v) is 25.2. The van der Waals surface area contributed by atoms with Crippen LogP contribution < -0.4 is 9.80 Å². The maximum Gasteiger partial charge on any atom is 0.0754 e. The van der Waals surface area contributed by atoms with Gasteiger partial charge in [-0.25, -0.2) is 0 Å². The molecule has 2 spiro atoms. The van der Waals surface area contributed by atoms with Gasteiger partial charge in [0.15, 0.2) is 0 Å². The third kappa shape index (κ3) is 13.0. The number of fused-ring (bicyclic) bond motifs is 26. The van der Waals surface area contributed by atoms with Gasteiger partial charge in [0, 0.05) is 55.3 Å². The quantitative estimate of drug-likeness (QED) is 0.108. The van der Waals surface area contributed by atoms with E-state index in [4.69, 9.17) is 0 Å². The largest absolute Gasteiger partial charge is 0.310 e. The van der Waals surface area contributed by atoms with E-state index in [1.165, 1.54) is 210 Å². The molecule has 4 nitrogen and oxygen atoms in total. The minimum absolute atomic E-state index is 0.491. The van der Waals surface area contributed by atoms with E-state index in [2.05, 4.69) is 577 Å². The average Bonchev–Trinajstić information content (AvgIpc) is 1.50. The van der Waals surface area contributed by atoms with Crippen molar-refractivity contribution in [2.75, 3.05) is 9.80 Å². The highest BCUT2D eigenvalue weighted by atomic mass is 15.2. The number of hydrogen-bond acceptors (Lipinski definition) is 2. The SMILES string of the molecule is c1ccc(-c2ccc(-c3ccccc3N(c3ccc4cc(-c5ccc6c(c5)C5(c7ccccc7-6)c6ccccc6-n6c7ccccc7c7cccc5c76)ccc4c3)c3ccccc3-c3ccc(-c4ccccc4)cc3)cc2)cc1.c1ccc(-c2ccc(-c3ccccc3N(c3ccccc3)c3ccc4cc(-c5ccc6c(c5)C5(c7ccccc7-6)c6ccccc6-n6c7ccccc7c7cccc5c76)ccc4c3)cc2)cc1. The fraction of sp³-hybridized carbons (Fsp3) is 0.0141. The normalized spacial score (nSPS) is 14.1. The van der Waals surface area contributed by atoms with Crippen LogP contribution in [-0.4, -0.2) is 9.13 Å². The first-order chi connectivity index (χ1) is 72.4. The minimum atomic E-state index is -0.516. The lowest BCUT2D eigenvalue weighted by Gasteiger charge is -2.39. The molecule has 146 heavy (non-hydrogen) atoms. The van der Waals surface area contributed by atoms with Gasteiger partial charge in [0.25, 0.3) is 0 Å². The van der Waals surface area contributed by atoms with Crippen LogP contribution in [0.1, 0.15) is 44.5 Å². The van der Waals surface area contributed by atoms with Crippen molar-refractivity contribution >= 4 is 99.3 Å². The van der Waals surface area contributed by atoms with E-state index in [-0.39, 0.29) is 0 Å². The molecule has 2 aliphatic carbocycles. The lowest BCUT2D eigenvalue weighted by atomic mass is 9.65. The number of hydrogen-bond donors (Lipinski definition) is 0. The molecule has 0 saturated heterocycles. The van der Waals surface area contributed by atoms with E-state index in [0.29, 0.717) is 0 Å². The van der Waals surface area contributed by atoms with Gasteiger partial charge in [-0.15, -0.1) is 0 Å². The second kappa shape index (κ2) is 33.9. The van der Waals surface area contributed by atoms with Crippen molar-refractivity contribution in [3.63, 3.8) is 0 Å². The zero-order valence-corrected chi connectivity index (χ0v) is 79.9.